The third-order valence-corrected chi connectivity index (χ3v) is 2.59. The number of hydrogen-bond donors (Lipinski definition) is 2. The number of halogens is 1. The number of hydrogen-bond acceptors (Lipinski definition) is 4. The predicted octanol–water partition coefficient (Wildman–Crippen LogP) is 1.48. The Morgan fingerprint density at radius 3 is 2.75 bits per heavy atom. The SMILES string of the molecule is O=C(O)c1cnc(NC2CCC(F)C2)cn1. The third kappa shape index (κ3) is 2.44. The zero-order valence-electron chi connectivity index (χ0n) is 8.56. The Balaban J connectivity index is 1.97. The van der Waals surface area contributed by atoms with Crippen LogP contribution in [0.4, 0.5) is 10.2 Å². The smallest absolute Gasteiger partial charge is 0.356 e. The second-order valence-corrected chi connectivity index (χ2v) is 3.84. The van der Waals surface area contributed by atoms with Gasteiger partial charge in [0.15, 0.2) is 5.69 Å². The van der Waals surface area contributed by atoms with E-state index in [4.69, 9.17) is 5.11 Å². The normalized spacial score (nSPS) is 24.3. The van der Waals surface area contributed by atoms with Gasteiger partial charge in [0, 0.05) is 6.04 Å². The molecule has 0 amide bonds. The van der Waals surface area contributed by atoms with Crippen molar-refractivity contribution in [1.82, 2.24) is 9.97 Å². The van der Waals surface area contributed by atoms with E-state index in [1.807, 2.05) is 0 Å². The number of alkyl halides is 1. The number of aromatic nitrogens is 2. The van der Waals surface area contributed by atoms with Crippen molar-refractivity contribution >= 4 is 11.8 Å². The monoisotopic (exact) mass is 225 g/mol. The van der Waals surface area contributed by atoms with Gasteiger partial charge in [0.1, 0.15) is 12.0 Å². The fourth-order valence-corrected chi connectivity index (χ4v) is 1.78. The highest BCUT2D eigenvalue weighted by Crippen LogP contribution is 2.24. The van der Waals surface area contributed by atoms with E-state index in [1.54, 1.807) is 0 Å². The summed E-state index contributed by atoms with van der Waals surface area (Å²) in [6, 6.07) is 0.0694. The topological polar surface area (TPSA) is 75.1 Å². The van der Waals surface area contributed by atoms with Crippen molar-refractivity contribution in [2.45, 2.75) is 31.5 Å². The lowest BCUT2D eigenvalue weighted by Crippen LogP contribution is -2.17. The molecule has 0 aliphatic heterocycles. The summed E-state index contributed by atoms with van der Waals surface area (Å²) >= 11 is 0. The molecule has 1 saturated carbocycles. The molecule has 1 aliphatic carbocycles. The van der Waals surface area contributed by atoms with Gasteiger partial charge in [-0.05, 0) is 19.3 Å². The first-order valence-electron chi connectivity index (χ1n) is 5.11. The first-order chi connectivity index (χ1) is 7.65. The van der Waals surface area contributed by atoms with E-state index >= 15 is 0 Å². The minimum atomic E-state index is -1.11. The highest BCUT2D eigenvalue weighted by Gasteiger charge is 2.24. The van der Waals surface area contributed by atoms with E-state index in [9.17, 15) is 9.18 Å². The van der Waals surface area contributed by atoms with Crippen molar-refractivity contribution in [3.63, 3.8) is 0 Å². The molecule has 2 N–H and O–H groups in total. The zero-order chi connectivity index (χ0) is 11.5. The Morgan fingerprint density at radius 2 is 2.25 bits per heavy atom. The molecule has 1 heterocycles. The largest absolute Gasteiger partial charge is 0.476 e. The molecule has 2 atom stereocenters. The number of anilines is 1. The van der Waals surface area contributed by atoms with Gasteiger partial charge in [-0.1, -0.05) is 0 Å². The highest BCUT2D eigenvalue weighted by molar-refractivity contribution is 5.84. The number of nitrogens with zero attached hydrogens (tertiary/aromatic N) is 2. The molecule has 1 aromatic heterocycles. The number of rotatable bonds is 3. The number of carboxylic acid groups (broad SMARTS) is 1. The van der Waals surface area contributed by atoms with Crippen molar-refractivity contribution in [3.8, 4) is 0 Å². The molecule has 0 aromatic carbocycles. The summed E-state index contributed by atoms with van der Waals surface area (Å²) in [4.78, 5) is 18.2. The van der Waals surface area contributed by atoms with Gasteiger partial charge in [0.25, 0.3) is 0 Å². The lowest BCUT2D eigenvalue weighted by Gasteiger charge is -2.11. The molecule has 0 radical (unpaired) electrons. The molecule has 0 saturated heterocycles. The summed E-state index contributed by atoms with van der Waals surface area (Å²) in [5, 5.41) is 11.7. The van der Waals surface area contributed by atoms with E-state index in [-0.39, 0.29) is 11.7 Å². The summed E-state index contributed by atoms with van der Waals surface area (Å²) in [6.45, 7) is 0. The molecule has 1 fully saturated rings. The summed E-state index contributed by atoms with van der Waals surface area (Å²) in [5.41, 5.74) is -0.0969. The van der Waals surface area contributed by atoms with E-state index in [0.29, 0.717) is 18.7 Å². The molecule has 2 unspecified atom stereocenters. The van der Waals surface area contributed by atoms with Crippen molar-refractivity contribution in [1.29, 1.82) is 0 Å². The van der Waals surface area contributed by atoms with Gasteiger partial charge in [0.2, 0.25) is 0 Å². The maximum absolute atomic E-state index is 12.9. The van der Waals surface area contributed by atoms with Gasteiger partial charge < -0.3 is 10.4 Å². The molecule has 0 spiro atoms. The van der Waals surface area contributed by atoms with Gasteiger partial charge in [0.05, 0.1) is 12.4 Å². The van der Waals surface area contributed by atoms with Crippen molar-refractivity contribution in [2.75, 3.05) is 5.32 Å². The summed E-state index contributed by atoms with van der Waals surface area (Å²) in [7, 11) is 0. The van der Waals surface area contributed by atoms with Crippen LogP contribution in [0, 0.1) is 0 Å². The molecule has 1 aromatic rings. The molecular formula is C10H12FN3O2. The van der Waals surface area contributed by atoms with Crippen LogP contribution in [0.5, 0.6) is 0 Å². The van der Waals surface area contributed by atoms with Crippen molar-refractivity contribution < 1.29 is 14.3 Å². The van der Waals surface area contributed by atoms with Crippen LogP contribution in [0.15, 0.2) is 12.4 Å². The number of aromatic carboxylic acids is 1. The van der Waals surface area contributed by atoms with E-state index in [0.717, 1.165) is 6.42 Å². The van der Waals surface area contributed by atoms with E-state index in [2.05, 4.69) is 15.3 Å². The van der Waals surface area contributed by atoms with Crippen LogP contribution in [0.3, 0.4) is 0 Å². The molecular weight excluding hydrogens is 213 g/mol. The predicted molar refractivity (Wildman–Crippen MR) is 55.1 cm³/mol. The van der Waals surface area contributed by atoms with Crippen LogP contribution >= 0.6 is 0 Å². The molecule has 16 heavy (non-hydrogen) atoms. The first-order valence-corrected chi connectivity index (χ1v) is 5.11. The molecule has 5 nitrogen and oxygen atoms in total. The van der Waals surface area contributed by atoms with Crippen molar-refractivity contribution in [2.24, 2.45) is 0 Å². The maximum Gasteiger partial charge on any atom is 0.356 e. The Hall–Kier alpha value is -1.72. The molecule has 86 valence electrons. The third-order valence-electron chi connectivity index (χ3n) is 2.59. The number of nitrogens with one attached hydrogen (secondary N) is 1. The number of carboxylic acids is 1. The van der Waals surface area contributed by atoms with Gasteiger partial charge in [-0.3, -0.25) is 0 Å². The molecule has 0 bridgehead atoms. The van der Waals surface area contributed by atoms with Gasteiger partial charge in [-0.2, -0.15) is 0 Å². The average molecular weight is 225 g/mol. The number of carbonyl (C=O) groups is 1. The first kappa shape index (κ1) is 10.8. The Kier molecular flexibility index (Phi) is 2.98. The Bertz CT molecular complexity index is 382. The Labute approximate surface area is 91.7 Å². The summed E-state index contributed by atoms with van der Waals surface area (Å²) < 4.78 is 12.9. The van der Waals surface area contributed by atoms with Crippen LogP contribution in [0.1, 0.15) is 29.8 Å². The van der Waals surface area contributed by atoms with Crippen LogP contribution in [0.25, 0.3) is 0 Å². The van der Waals surface area contributed by atoms with Gasteiger partial charge >= 0.3 is 5.97 Å². The fourth-order valence-electron chi connectivity index (χ4n) is 1.78. The second kappa shape index (κ2) is 4.42. The maximum atomic E-state index is 12.9. The molecule has 2 rings (SSSR count). The van der Waals surface area contributed by atoms with E-state index < -0.39 is 12.1 Å². The van der Waals surface area contributed by atoms with Gasteiger partial charge in [-0.25, -0.2) is 19.2 Å². The van der Waals surface area contributed by atoms with Crippen LogP contribution in [0.2, 0.25) is 0 Å². The van der Waals surface area contributed by atoms with Gasteiger partial charge in [-0.15, -0.1) is 0 Å². The lowest BCUT2D eigenvalue weighted by molar-refractivity contribution is 0.0690. The fraction of sp³-hybridized carbons (Fsp3) is 0.500. The quantitative estimate of drug-likeness (QED) is 0.814. The minimum absolute atomic E-state index is 0.0694. The summed E-state index contributed by atoms with van der Waals surface area (Å²) in [5.74, 6) is -0.618. The molecule has 6 heteroatoms. The highest BCUT2D eigenvalue weighted by atomic mass is 19.1. The molecule has 1 aliphatic rings. The van der Waals surface area contributed by atoms with Crippen molar-refractivity contribution in [3.05, 3.63) is 18.1 Å². The second-order valence-electron chi connectivity index (χ2n) is 3.84. The standard InChI is InChI=1S/C10H12FN3O2/c11-6-1-2-7(3-6)14-9-5-12-8(4-13-9)10(15)16/h4-7H,1-3H2,(H,13,14)(H,15,16). The van der Waals surface area contributed by atoms with Crippen LogP contribution in [-0.2, 0) is 0 Å². The zero-order valence-corrected chi connectivity index (χ0v) is 8.56. The summed E-state index contributed by atoms with van der Waals surface area (Å²) in [6.07, 6.45) is 3.61. The Morgan fingerprint density at radius 1 is 1.44 bits per heavy atom. The van der Waals surface area contributed by atoms with Crippen LogP contribution < -0.4 is 5.32 Å². The van der Waals surface area contributed by atoms with E-state index in [1.165, 1.54) is 12.4 Å². The minimum Gasteiger partial charge on any atom is -0.476 e. The van der Waals surface area contributed by atoms with Crippen LogP contribution in [-0.4, -0.2) is 33.3 Å². The average Bonchev–Trinajstić information content (AvgIpc) is 2.65. The lowest BCUT2D eigenvalue weighted by atomic mass is 10.2.